The number of hydrogen-bond acceptors (Lipinski definition) is 4. The molecule has 1 heterocycles. The summed E-state index contributed by atoms with van der Waals surface area (Å²) >= 11 is 0. The summed E-state index contributed by atoms with van der Waals surface area (Å²) in [6.45, 7) is 2.02. The molecule has 1 fully saturated rings. The Morgan fingerprint density at radius 3 is 2.26 bits per heavy atom. The van der Waals surface area contributed by atoms with Gasteiger partial charge in [0.15, 0.2) is 0 Å². The number of aryl methyl sites for hydroxylation is 1. The fraction of sp³-hybridized carbons (Fsp3) is 0.333. The first-order valence-corrected chi connectivity index (χ1v) is 10.8. The summed E-state index contributed by atoms with van der Waals surface area (Å²) in [5.41, 5.74) is 6.94. The first-order valence-electron chi connectivity index (χ1n) is 10.8. The lowest BCUT2D eigenvalue weighted by molar-refractivity contribution is -0.113. The van der Waals surface area contributed by atoms with Gasteiger partial charge < -0.3 is 19.7 Å². The molecule has 3 aromatic rings. The predicted octanol–water partition coefficient (Wildman–Crippen LogP) is 4.83. The SMILES string of the molecule is COc1ccc(C2CC(O)CC(CO)O2)cc1Cc1ccc(-c2ccc(C)cc2)cc1. The molecule has 4 heteroatoms. The van der Waals surface area contributed by atoms with Crippen LogP contribution in [0.1, 0.15) is 41.2 Å². The molecule has 0 amide bonds. The van der Waals surface area contributed by atoms with Crippen LogP contribution in [-0.2, 0) is 11.2 Å². The van der Waals surface area contributed by atoms with Gasteiger partial charge in [-0.3, -0.25) is 0 Å². The second-order valence-electron chi connectivity index (χ2n) is 8.37. The highest BCUT2D eigenvalue weighted by molar-refractivity contribution is 5.64. The number of methoxy groups -OCH3 is 1. The standard InChI is InChI=1S/C27H30O4/c1-18-3-7-20(8-4-18)21-9-5-19(6-10-21)13-23-14-22(11-12-26(23)30-2)27-16-24(29)15-25(17-28)31-27/h3-12,14,24-25,27-29H,13,15-17H2,1-2H3. The third-order valence-electron chi connectivity index (χ3n) is 5.99. The number of benzene rings is 3. The normalized spacial score (nSPS) is 21.1. The molecular formula is C27H30O4. The van der Waals surface area contributed by atoms with E-state index in [9.17, 15) is 10.2 Å². The molecule has 0 bridgehead atoms. The molecule has 3 unspecified atom stereocenters. The molecule has 1 saturated heterocycles. The Balaban J connectivity index is 1.54. The van der Waals surface area contributed by atoms with Crippen molar-refractivity contribution in [2.45, 2.75) is 44.5 Å². The monoisotopic (exact) mass is 418 g/mol. The first kappa shape index (κ1) is 21.6. The average Bonchev–Trinajstić information content (AvgIpc) is 2.79. The van der Waals surface area contributed by atoms with Crippen LogP contribution in [0.2, 0.25) is 0 Å². The van der Waals surface area contributed by atoms with Gasteiger partial charge in [0, 0.05) is 19.3 Å². The van der Waals surface area contributed by atoms with Gasteiger partial charge in [0.05, 0.1) is 32.0 Å². The van der Waals surface area contributed by atoms with Crippen molar-refractivity contribution in [1.29, 1.82) is 0 Å². The van der Waals surface area contributed by atoms with E-state index in [1.807, 2.05) is 12.1 Å². The molecule has 4 nitrogen and oxygen atoms in total. The fourth-order valence-electron chi connectivity index (χ4n) is 4.24. The summed E-state index contributed by atoms with van der Waals surface area (Å²) in [5, 5.41) is 19.6. The van der Waals surface area contributed by atoms with E-state index in [0.717, 1.165) is 23.3 Å². The van der Waals surface area contributed by atoms with Crippen LogP contribution in [0, 0.1) is 6.92 Å². The maximum atomic E-state index is 10.2. The van der Waals surface area contributed by atoms with Crippen LogP contribution in [0.25, 0.3) is 11.1 Å². The Morgan fingerprint density at radius 1 is 0.935 bits per heavy atom. The van der Waals surface area contributed by atoms with E-state index in [2.05, 4.69) is 61.5 Å². The molecule has 0 saturated carbocycles. The Labute approximate surface area is 184 Å². The van der Waals surface area contributed by atoms with Gasteiger partial charge in [0.1, 0.15) is 5.75 Å². The van der Waals surface area contributed by atoms with Crippen LogP contribution in [0.5, 0.6) is 5.75 Å². The van der Waals surface area contributed by atoms with E-state index in [1.54, 1.807) is 7.11 Å². The highest BCUT2D eigenvalue weighted by Gasteiger charge is 2.29. The summed E-state index contributed by atoms with van der Waals surface area (Å²) in [4.78, 5) is 0. The second-order valence-corrected chi connectivity index (χ2v) is 8.37. The zero-order valence-corrected chi connectivity index (χ0v) is 18.1. The maximum Gasteiger partial charge on any atom is 0.122 e. The van der Waals surface area contributed by atoms with Crippen molar-refractivity contribution in [3.8, 4) is 16.9 Å². The molecule has 4 rings (SSSR count). The summed E-state index contributed by atoms with van der Waals surface area (Å²) in [6, 6.07) is 23.2. The molecule has 31 heavy (non-hydrogen) atoms. The molecule has 0 aromatic heterocycles. The zero-order valence-electron chi connectivity index (χ0n) is 18.1. The van der Waals surface area contributed by atoms with Gasteiger partial charge in [-0.1, -0.05) is 60.2 Å². The van der Waals surface area contributed by atoms with Gasteiger partial charge in [-0.15, -0.1) is 0 Å². The zero-order chi connectivity index (χ0) is 21.8. The molecule has 162 valence electrons. The van der Waals surface area contributed by atoms with Crippen LogP contribution in [0.15, 0.2) is 66.7 Å². The maximum absolute atomic E-state index is 10.2. The Hall–Kier alpha value is -2.66. The molecule has 0 aliphatic carbocycles. The Morgan fingerprint density at radius 2 is 1.61 bits per heavy atom. The van der Waals surface area contributed by atoms with Crippen LogP contribution >= 0.6 is 0 Å². The smallest absolute Gasteiger partial charge is 0.122 e. The van der Waals surface area contributed by atoms with Crippen molar-refractivity contribution in [3.63, 3.8) is 0 Å². The molecule has 0 spiro atoms. The van der Waals surface area contributed by atoms with E-state index < -0.39 is 6.10 Å². The van der Waals surface area contributed by atoms with Gasteiger partial charge >= 0.3 is 0 Å². The molecule has 3 aromatic carbocycles. The fourth-order valence-corrected chi connectivity index (χ4v) is 4.24. The lowest BCUT2D eigenvalue weighted by Crippen LogP contribution is -2.33. The predicted molar refractivity (Wildman–Crippen MR) is 122 cm³/mol. The molecule has 2 N–H and O–H groups in total. The number of rotatable bonds is 6. The van der Waals surface area contributed by atoms with Crippen LogP contribution in [0.4, 0.5) is 0 Å². The summed E-state index contributed by atoms with van der Waals surface area (Å²) in [7, 11) is 1.68. The Bertz CT molecular complexity index is 995. The van der Waals surface area contributed by atoms with Crippen LogP contribution in [0.3, 0.4) is 0 Å². The minimum atomic E-state index is -0.462. The number of ether oxygens (including phenoxy) is 2. The number of aliphatic hydroxyl groups excluding tert-OH is 2. The highest BCUT2D eigenvalue weighted by atomic mass is 16.5. The summed E-state index contributed by atoms with van der Waals surface area (Å²) < 4.78 is 11.6. The van der Waals surface area contributed by atoms with Gasteiger partial charge in [0.2, 0.25) is 0 Å². The van der Waals surface area contributed by atoms with E-state index in [0.29, 0.717) is 12.8 Å². The minimum absolute atomic E-state index is 0.0795. The highest BCUT2D eigenvalue weighted by Crippen LogP contribution is 2.34. The third kappa shape index (κ3) is 5.16. The van der Waals surface area contributed by atoms with E-state index in [-0.39, 0.29) is 18.8 Å². The lowest BCUT2D eigenvalue weighted by Gasteiger charge is -2.32. The summed E-state index contributed by atoms with van der Waals surface area (Å²) in [5.74, 6) is 0.835. The number of aliphatic hydroxyl groups is 2. The quantitative estimate of drug-likeness (QED) is 0.602. The van der Waals surface area contributed by atoms with Gasteiger partial charge in [-0.25, -0.2) is 0 Å². The number of hydrogen-bond donors (Lipinski definition) is 2. The van der Waals surface area contributed by atoms with Crippen molar-refractivity contribution >= 4 is 0 Å². The van der Waals surface area contributed by atoms with E-state index >= 15 is 0 Å². The lowest BCUT2D eigenvalue weighted by atomic mass is 9.93. The topological polar surface area (TPSA) is 58.9 Å². The molecule has 1 aliphatic rings. The van der Waals surface area contributed by atoms with Crippen molar-refractivity contribution in [2.24, 2.45) is 0 Å². The molecule has 3 atom stereocenters. The first-order chi connectivity index (χ1) is 15.1. The third-order valence-corrected chi connectivity index (χ3v) is 5.99. The van der Waals surface area contributed by atoms with Gasteiger partial charge in [0.25, 0.3) is 0 Å². The van der Waals surface area contributed by atoms with Crippen LogP contribution < -0.4 is 4.74 Å². The molecule has 1 aliphatic heterocycles. The molecule has 0 radical (unpaired) electrons. The van der Waals surface area contributed by atoms with Gasteiger partial charge in [-0.05, 0) is 46.9 Å². The van der Waals surface area contributed by atoms with Gasteiger partial charge in [-0.2, -0.15) is 0 Å². The van der Waals surface area contributed by atoms with Crippen molar-refractivity contribution in [1.82, 2.24) is 0 Å². The Kier molecular flexibility index (Phi) is 6.71. The summed E-state index contributed by atoms with van der Waals surface area (Å²) in [6.07, 6.45) is 0.736. The molecular weight excluding hydrogens is 388 g/mol. The minimum Gasteiger partial charge on any atom is -0.496 e. The second kappa shape index (κ2) is 9.65. The van der Waals surface area contributed by atoms with E-state index in [4.69, 9.17) is 9.47 Å². The van der Waals surface area contributed by atoms with Crippen LogP contribution in [-0.4, -0.2) is 36.1 Å². The van der Waals surface area contributed by atoms with Crippen molar-refractivity contribution < 1.29 is 19.7 Å². The van der Waals surface area contributed by atoms with Crippen molar-refractivity contribution in [3.05, 3.63) is 89.0 Å². The van der Waals surface area contributed by atoms with E-state index in [1.165, 1.54) is 22.3 Å². The average molecular weight is 419 g/mol. The largest absolute Gasteiger partial charge is 0.496 e. The van der Waals surface area contributed by atoms with Crippen molar-refractivity contribution in [2.75, 3.05) is 13.7 Å².